The molecule has 0 atom stereocenters. The first-order chi connectivity index (χ1) is 8.63. The van der Waals surface area contributed by atoms with Crippen molar-refractivity contribution in [3.63, 3.8) is 0 Å². The second-order valence-corrected chi connectivity index (χ2v) is 4.49. The van der Waals surface area contributed by atoms with Crippen LogP contribution in [-0.2, 0) is 6.42 Å². The summed E-state index contributed by atoms with van der Waals surface area (Å²) >= 11 is 0. The fourth-order valence-electron chi connectivity index (χ4n) is 1.60. The summed E-state index contributed by atoms with van der Waals surface area (Å²) in [4.78, 5) is 18.1. The van der Waals surface area contributed by atoms with Gasteiger partial charge in [0, 0.05) is 30.4 Å². The van der Waals surface area contributed by atoms with Gasteiger partial charge < -0.3 is 16.0 Å². The summed E-state index contributed by atoms with van der Waals surface area (Å²) < 4.78 is 0. The Morgan fingerprint density at radius 1 is 1.50 bits per heavy atom. The van der Waals surface area contributed by atoms with Gasteiger partial charge >= 0.3 is 0 Å². The van der Waals surface area contributed by atoms with Gasteiger partial charge in [-0.15, -0.1) is 0 Å². The molecule has 0 aliphatic carbocycles. The molecule has 0 aromatic carbocycles. The van der Waals surface area contributed by atoms with Crippen molar-refractivity contribution in [1.82, 2.24) is 15.2 Å². The van der Waals surface area contributed by atoms with Gasteiger partial charge in [-0.05, 0) is 45.7 Å². The Morgan fingerprint density at radius 3 is 2.94 bits per heavy atom. The van der Waals surface area contributed by atoms with Crippen LogP contribution in [0.25, 0.3) is 0 Å². The van der Waals surface area contributed by atoms with E-state index in [1.54, 1.807) is 18.3 Å². The average Bonchev–Trinajstić information content (AvgIpc) is 2.35. The van der Waals surface area contributed by atoms with Crippen molar-refractivity contribution >= 4 is 5.91 Å². The molecule has 1 rings (SSSR count). The number of hydrogen-bond acceptors (Lipinski definition) is 4. The third-order valence-corrected chi connectivity index (χ3v) is 2.55. The molecule has 5 nitrogen and oxygen atoms in total. The normalized spacial score (nSPS) is 10.7. The van der Waals surface area contributed by atoms with Crippen molar-refractivity contribution in [2.45, 2.75) is 12.8 Å². The number of hydrogen-bond donors (Lipinski definition) is 2. The highest BCUT2D eigenvalue weighted by atomic mass is 16.1. The van der Waals surface area contributed by atoms with E-state index in [9.17, 15) is 4.79 Å². The predicted molar refractivity (Wildman–Crippen MR) is 72.5 cm³/mol. The molecule has 0 radical (unpaired) electrons. The number of rotatable bonds is 7. The van der Waals surface area contributed by atoms with Crippen molar-refractivity contribution in [2.75, 3.05) is 33.7 Å². The number of nitrogens with zero attached hydrogens (tertiary/aromatic N) is 2. The molecule has 3 N–H and O–H groups in total. The van der Waals surface area contributed by atoms with Crippen LogP contribution in [0.15, 0.2) is 18.3 Å². The third-order valence-electron chi connectivity index (χ3n) is 2.55. The Kier molecular flexibility index (Phi) is 6.32. The fraction of sp³-hybridized carbons (Fsp3) is 0.538. The number of carbonyl (C=O) groups is 1. The van der Waals surface area contributed by atoms with Crippen molar-refractivity contribution in [3.05, 3.63) is 29.6 Å². The lowest BCUT2D eigenvalue weighted by atomic mass is 10.2. The second kappa shape index (κ2) is 7.79. The van der Waals surface area contributed by atoms with E-state index in [1.165, 1.54) is 0 Å². The van der Waals surface area contributed by atoms with Crippen LogP contribution in [0.4, 0.5) is 0 Å². The SMILES string of the molecule is CN(C)CCCNC(=O)c1ccnc(CCN)c1. The lowest BCUT2D eigenvalue weighted by Gasteiger charge is -2.10. The molecule has 1 aromatic heterocycles. The van der Waals surface area contributed by atoms with E-state index in [4.69, 9.17) is 5.73 Å². The topological polar surface area (TPSA) is 71.2 Å². The molecule has 100 valence electrons. The Labute approximate surface area is 108 Å². The van der Waals surface area contributed by atoms with Crippen LogP contribution in [0.3, 0.4) is 0 Å². The number of nitrogens with two attached hydrogens (primary N) is 1. The lowest BCUT2D eigenvalue weighted by molar-refractivity contribution is 0.0952. The molecular weight excluding hydrogens is 228 g/mol. The maximum atomic E-state index is 11.9. The molecule has 0 aliphatic rings. The van der Waals surface area contributed by atoms with Gasteiger partial charge in [0.1, 0.15) is 0 Å². The van der Waals surface area contributed by atoms with E-state index in [0.717, 1.165) is 18.7 Å². The van der Waals surface area contributed by atoms with E-state index >= 15 is 0 Å². The number of aromatic nitrogens is 1. The first-order valence-electron chi connectivity index (χ1n) is 6.21. The zero-order valence-electron chi connectivity index (χ0n) is 11.1. The summed E-state index contributed by atoms with van der Waals surface area (Å²) in [5.74, 6) is -0.0468. The maximum Gasteiger partial charge on any atom is 0.251 e. The number of carbonyl (C=O) groups excluding carboxylic acids is 1. The van der Waals surface area contributed by atoms with Gasteiger partial charge in [0.25, 0.3) is 5.91 Å². The highest BCUT2D eigenvalue weighted by Crippen LogP contribution is 2.02. The fourth-order valence-corrected chi connectivity index (χ4v) is 1.60. The highest BCUT2D eigenvalue weighted by Gasteiger charge is 2.05. The molecule has 0 saturated heterocycles. The molecular formula is C13H22N4O. The van der Waals surface area contributed by atoms with Crippen molar-refractivity contribution < 1.29 is 4.79 Å². The van der Waals surface area contributed by atoms with Gasteiger partial charge in [-0.1, -0.05) is 0 Å². The number of pyridine rings is 1. The minimum atomic E-state index is -0.0468. The molecule has 0 fully saturated rings. The Morgan fingerprint density at radius 2 is 2.28 bits per heavy atom. The van der Waals surface area contributed by atoms with E-state index in [0.29, 0.717) is 25.1 Å². The minimum Gasteiger partial charge on any atom is -0.352 e. The molecule has 0 spiro atoms. The van der Waals surface area contributed by atoms with E-state index in [-0.39, 0.29) is 5.91 Å². The van der Waals surface area contributed by atoms with Crippen LogP contribution < -0.4 is 11.1 Å². The van der Waals surface area contributed by atoms with Crippen molar-refractivity contribution in [2.24, 2.45) is 5.73 Å². The van der Waals surface area contributed by atoms with E-state index in [1.807, 2.05) is 14.1 Å². The zero-order chi connectivity index (χ0) is 13.4. The first-order valence-corrected chi connectivity index (χ1v) is 6.21. The molecule has 0 unspecified atom stereocenters. The van der Waals surface area contributed by atoms with Gasteiger partial charge in [-0.3, -0.25) is 9.78 Å². The summed E-state index contributed by atoms with van der Waals surface area (Å²) in [5.41, 5.74) is 6.98. The smallest absolute Gasteiger partial charge is 0.251 e. The Balaban J connectivity index is 2.43. The van der Waals surface area contributed by atoms with Crippen LogP contribution in [0.1, 0.15) is 22.5 Å². The lowest BCUT2D eigenvalue weighted by Crippen LogP contribution is -2.27. The maximum absolute atomic E-state index is 11.9. The van der Waals surface area contributed by atoms with E-state index in [2.05, 4.69) is 15.2 Å². The molecule has 5 heteroatoms. The van der Waals surface area contributed by atoms with Gasteiger partial charge in [0.15, 0.2) is 0 Å². The summed E-state index contributed by atoms with van der Waals surface area (Å²) in [6, 6.07) is 3.52. The quantitative estimate of drug-likeness (QED) is 0.681. The third kappa shape index (κ3) is 5.25. The predicted octanol–water partition coefficient (Wildman–Crippen LogP) is 0.264. The van der Waals surface area contributed by atoms with Crippen molar-refractivity contribution in [1.29, 1.82) is 0 Å². The summed E-state index contributed by atoms with van der Waals surface area (Å²) in [7, 11) is 4.04. The van der Waals surface area contributed by atoms with Crippen molar-refractivity contribution in [3.8, 4) is 0 Å². The molecule has 0 aliphatic heterocycles. The molecule has 1 heterocycles. The molecule has 0 saturated carbocycles. The highest BCUT2D eigenvalue weighted by molar-refractivity contribution is 5.94. The molecule has 0 bridgehead atoms. The van der Waals surface area contributed by atoms with Crippen LogP contribution in [0.2, 0.25) is 0 Å². The summed E-state index contributed by atoms with van der Waals surface area (Å²) in [6.45, 7) is 2.20. The first kappa shape index (κ1) is 14.6. The number of amides is 1. The zero-order valence-corrected chi connectivity index (χ0v) is 11.1. The average molecular weight is 250 g/mol. The van der Waals surface area contributed by atoms with Gasteiger partial charge in [-0.25, -0.2) is 0 Å². The Hall–Kier alpha value is -1.46. The van der Waals surface area contributed by atoms with Crippen LogP contribution >= 0.6 is 0 Å². The minimum absolute atomic E-state index is 0.0468. The molecule has 1 amide bonds. The standard InChI is InChI=1S/C13H22N4O/c1-17(2)9-3-7-16-13(18)11-5-8-15-12(10-11)4-6-14/h5,8,10H,3-4,6-7,9,14H2,1-2H3,(H,16,18). The van der Waals surface area contributed by atoms with Gasteiger partial charge in [-0.2, -0.15) is 0 Å². The van der Waals surface area contributed by atoms with Gasteiger partial charge in [0.2, 0.25) is 0 Å². The second-order valence-electron chi connectivity index (χ2n) is 4.49. The van der Waals surface area contributed by atoms with Gasteiger partial charge in [0.05, 0.1) is 0 Å². The summed E-state index contributed by atoms with van der Waals surface area (Å²) in [5, 5.41) is 2.90. The molecule has 1 aromatic rings. The largest absolute Gasteiger partial charge is 0.352 e. The molecule has 18 heavy (non-hydrogen) atoms. The van der Waals surface area contributed by atoms with Crippen LogP contribution in [0.5, 0.6) is 0 Å². The number of nitrogens with one attached hydrogen (secondary N) is 1. The van der Waals surface area contributed by atoms with Crippen LogP contribution in [-0.4, -0.2) is 49.5 Å². The Bertz CT molecular complexity index is 379. The monoisotopic (exact) mass is 250 g/mol. The summed E-state index contributed by atoms with van der Waals surface area (Å²) in [6.07, 6.45) is 3.29. The van der Waals surface area contributed by atoms with E-state index < -0.39 is 0 Å². The van der Waals surface area contributed by atoms with Crippen LogP contribution in [0, 0.1) is 0 Å².